The molecule has 1 saturated carbocycles. The number of hydrogen-bond donors (Lipinski definition) is 0. The molecule has 1 heterocycles. The Labute approximate surface area is 174 Å². The molecule has 0 aromatic heterocycles. The van der Waals surface area contributed by atoms with Crippen LogP contribution in [0, 0.1) is 5.92 Å². The molecule has 2 aliphatic rings. The molecule has 1 saturated heterocycles. The van der Waals surface area contributed by atoms with E-state index in [1.54, 1.807) is 7.11 Å². The summed E-state index contributed by atoms with van der Waals surface area (Å²) in [5.41, 5.74) is 2.26. The normalized spacial score (nSPS) is 27.1. The van der Waals surface area contributed by atoms with Gasteiger partial charge in [0.25, 0.3) is 5.91 Å². The van der Waals surface area contributed by atoms with E-state index in [0.717, 1.165) is 50.1 Å². The predicted octanol–water partition coefficient (Wildman–Crippen LogP) is 4.21. The number of rotatable bonds is 4. The van der Waals surface area contributed by atoms with Gasteiger partial charge in [0, 0.05) is 30.6 Å². The first-order valence-electron chi connectivity index (χ1n) is 10.7. The van der Waals surface area contributed by atoms with Crippen LogP contribution in [0.4, 0.5) is 0 Å². The highest BCUT2D eigenvalue weighted by Gasteiger charge is 2.48. The number of carbonyl (C=O) groups is 1. The van der Waals surface area contributed by atoms with Gasteiger partial charge in [0.15, 0.2) is 0 Å². The minimum absolute atomic E-state index is 0.106. The molecule has 4 nitrogen and oxygen atoms in total. The molecule has 1 aliphatic carbocycles. The molecule has 0 radical (unpaired) electrons. The summed E-state index contributed by atoms with van der Waals surface area (Å²) in [7, 11) is 5.94. The van der Waals surface area contributed by atoms with Crippen molar-refractivity contribution < 1.29 is 9.53 Å². The second-order valence-corrected chi connectivity index (χ2v) is 8.81. The summed E-state index contributed by atoms with van der Waals surface area (Å²) in [6.45, 7) is 2.22. The first-order valence-corrected chi connectivity index (χ1v) is 10.7. The van der Waals surface area contributed by atoms with Gasteiger partial charge in [-0.25, -0.2) is 0 Å². The van der Waals surface area contributed by atoms with Gasteiger partial charge in [-0.15, -0.1) is 0 Å². The highest BCUT2D eigenvalue weighted by molar-refractivity contribution is 5.94. The highest BCUT2D eigenvalue weighted by Crippen LogP contribution is 2.50. The molecule has 2 aromatic rings. The Morgan fingerprint density at radius 3 is 2.69 bits per heavy atom. The van der Waals surface area contributed by atoms with Crippen LogP contribution in [0.25, 0.3) is 0 Å². The molecule has 4 rings (SSSR count). The zero-order chi connectivity index (χ0) is 20.4. The van der Waals surface area contributed by atoms with Crippen LogP contribution in [0.3, 0.4) is 0 Å². The van der Waals surface area contributed by atoms with Gasteiger partial charge >= 0.3 is 0 Å². The van der Waals surface area contributed by atoms with Crippen molar-refractivity contribution in [3.05, 3.63) is 65.7 Å². The molecule has 0 spiro atoms. The predicted molar refractivity (Wildman–Crippen MR) is 116 cm³/mol. The number of amides is 1. The number of hydrogen-bond acceptors (Lipinski definition) is 3. The molecule has 2 unspecified atom stereocenters. The van der Waals surface area contributed by atoms with Gasteiger partial charge in [0.1, 0.15) is 5.75 Å². The van der Waals surface area contributed by atoms with E-state index in [4.69, 9.17) is 4.74 Å². The third-order valence-corrected chi connectivity index (χ3v) is 7.23. The van der Waals surface area contributed by atoms with Crippen molar-refractivity contribution >= 4 is 5.91 Å². The van der Waals surface area contributed by atoms with Crippen molar-refractivity contribution in [3.8, 4) is 5.75 Å². The number of methoxy groups -OCH3 is 1. The van der Waals surface area contributed by atoms with Crippen molar-refractivity contribution in [2.75, 3.05) is 34.3 Å². The fourth-order valence-electron chi connectivity index (χ4n) is 5.50. The molecule has 3 atom stereocenters. The van der Waals surface area contributed by atoms with Crippen LogP contribution in [-0.4, -0.2) is 56.0 Å². The fraction of sp³-hybridized carbons (Fsp3) is 0.480. The summed E-state index contributed by atoms with van der Waals surface area (Å²) in [6, 6.07) is 18.5. The van der Waals surface area contributed by atoms with Crippen LogP contribution in [-0.2, 0) is 5.41 Å². The van der Waals surface area contributed by atoms with Gasteiger partial charge in [-0.3, -0.25) is 4.79 Å². The first kappa shape index (κ1) is 20.0. The molecule has 1 aliphatic heterocycles. The number of piperidine rings is 1. The summed E-state index contributed by atoms with van der Waals surface area (Å²) in [5, 5.41) is 0. The number of benzene rings is 2. The maximum Gasteiger partial charge on any atom is 0.253 e. The van der Waals surface area contributed by atoms with Gasteiger partial charge in [-0.2, -0.15) is 0 Å². The Balaban J connectivity index is 1.64. The van der Waals surface area contributed by atoms with Crippen LogP contribution in [0.1, 0.15) is 41.6 Å². The minimum atomic E-state index is 0.106. The van der Waals surface area contributed by atoms with E-state index in [0.29, 0.717) is 5.92 Å². The summed E-state index contributed by atoms with van der Waals surface area (Å²) in [6.07, 6.45) is 4.37. The number of fused-ring (bicyclic) bond motifs is 1. The van der Waals surface area contributed by atoms with E-state index < -0.39 is 0 Å². The Morgan fingerprint density at radius 1 is 1.14 bits per heavy atom. The second kappa shape index (κ2) is 8.19. The van der Waals surface area contributed by atoms with Crippen LogP contribution in [0.2, 0.25) is 0 Å². The van der Waals surface area contributed by atoms with Crippen molar-refractivity contribution in [1.82, 2.24) is 9.80 Å². The Kier molecular flexibility index (Phi) is 5.64. The molecular weight excluding hydrogens is 360 g/mol. The van der Waals surface area contributed by atoms with Crippen LogP contribution in [0.5, 0.6) is 5.75 Å². The van der Waals surface area contributed by atoms with Crippen molar-refractivity contribution in [2.24, 2.45) is 5.92 Å². The van der Waals surface area contributed by atoms with E-state index >= 15 is 0 Å². The highest BCUT2D eigenvalue weighted by atomic mass is 16.5. The molecule has 2 fully saturated rings. The topological polar surface area (TPSA) is 32.8 Å². The smallest absolute Gasteiger partial charge is 0.253 e. The third kappa shape index (κ3) is 3.78. The zero-order valence-corrected chi connectivity index (χ0v) is 17.8. The van der Waals surface area contributed by atoms with Gasteiger partial charge in [-0.05, 0) is 75.0 Å². The summed E-state index contributed by atoms with van der Waals surface area (Å²) >= 11 is 0. The molecule has 4 heteroatoms. The van der Waals surface area contributed by atoms with E-state index in [1.165, 1.54) is 5.56 Å². The quantitative estimate of drug-likeness (QED) is 0.781. The Morgan fingerprint density at radius 2 is 1.93 bits per heavy atom. The number of carbonyl (C=O) groups excluding carboxylic acids is 1. The summed E-state index contributed by atoms with van der Waals surface area (Å²) in [5.74, 6) is 1.66. The first-order chi connectivity index (χ1) is 14.0. The molecule has 1 amide bonds. The lowest BCUT2D eigenvalue weighted by Gasteiger charge is -2.53. The standard InChI is InChI=1S/C25H32N2O2/c1-26-15-14-25(20-10-7-11-23(16-20)29-3)17-22(13-12-21(25)18-26)27(2)24(28)19-8-5-4-6-9-19/h4-11,16,21-22H,12-15,17-18H2,1-3H3/t21?,22-,25?/m0/s1. The monoisotopic (exact) mass is 392 g/mol. The maximum absolute atomic E-state index is 13.1. The number of ether oxygens (including phenoxy) is 1. The Hall–Kier alpha value is -2.33. The largest absolute Gasteiger partial charge is 0.497 e. The maximum atomic E-state index is 13.1. The second-order valence-electron chi connectivity index (χ2n) is 8.81. The number of nitrogens with zero attached hydrogens (tertiary/aromatic N) is 2. The summed E-state index contributed by atoms with van der Waals surface area (Å²) in [4.78, 5) is 17.5. The van der Waals surface area contributed by atoms with E-state index in [-0.39, 0.29) is 17.4 Å². The third-order valence-electron chi connectivity index (χ3n) is 7.23. The average molecular weight is 393 g/mol. The zero-order valence-electron chi connectivity index (χ0n) is 17.8. The molecule has 0 N–H and O–H groups in total. The van der Waals surface area contributed by atoms with Crippen LogP contribution >= 0.6 is 0 Å². The van der Waals surface area contributed by atoms with Crippen molar-refractivity contribution in [2.45, 2.75) is 37.1 Å². The van der Waals surface area contributed by atoms with Gasteiger partial charge in [0.05, 0.1) is 7.11 Å². The summed E-state index contributed by atoms with van der Waals surface area (Å²) < 4.78 is 5.54. The average Bonchev–Trinajstić information content (AvgIpc) is 2.78. The lowest BCUT2D eigenvalue weighted by atomic mass is 9.58. The molecule has 0 bridgehead atoms. The molecular formula is C25H32N2O2. The lowest BCUT2D eigenvalue weighted by molar-refractivity contribution is 0.0259. The SMILES string of the molecule is COc1cccc(C23CCN(C)CC2CC[C@H](N(C)C(=O)c2ccccc2)C3)c1. The van der Waals surface area contributed by atoms with E-state index in [9.17, 15) is 4.79 Å². The van der Waals surface area contributed by atoms with Crippen molar-refractivity contribution in [3.63, 3.8) is 0 Å². The molecule has 154 valence electrons. The fourth-order valence-corrected chi connectivity index (χ4v) is 5.50. The number of likely N-dealkylation sites (tertiary alicyclic amines) is 1. The van der Waals surface area contributed by atoms with Gasteiger partial charge in [-0.1, -0.05) is 30.3 Å². The van der Waals surface area contributed by atoms with Gasteiger partial charge < -0.3 is 14.5 Å². The van der Waals surface area contributed by atoms with E-state index in [2.05, 4.69) is 30.1 Å². The van der Waals surface area contributed by atoms with Gasteiger partial charge in [0.2, 0.25) is 0 Å². The molecule has 29 heavy (non-hydrogen) atoms. The van der Waals surface area contributed by atoms with Crippen LogP contribution < -0.4 is 4.74 Å². The minimum Gasteiger partial charge on any atom is -0.497 e. The Bertz CT molecular complexity index is 853. The van der Waals surface area contributed by atoms with Crippen molar-refractivity contribution in [1.29, 1.82) is 0 Å². The molecule has 2 aromatic carbocycles. The van der Waals surface area contributed by atoms with Crippen LogP contribution in [0.15, 0.2) is 54.6 Å². The van der Waals surface area contributed by atoms with E-state index in [1.807, 2.05) is 48.3 Å². The lowest BCUT2D eigenvalue weighted by Crippen LogP contribution is -2.55.